The molecule has 88 valence electrons. The molecule has 0 radical (unpaired) electrons. The van der Waals surface area contributed by atoms with E-state index in [-0.39, 0.29) is 12.8 Å². The minimum absolute atomic E-state index is 0.0696. The number of ether oxygens (including phenoxy) is 1. The summed E-state index contributed by atoms with van der Waals surface area (Å²) in [6.07, 6.45) is 0.0767. The molecule has 1 fully saturated rings. The van der Waals surface area contributed by atoms with E-state index in [0.29, 0.717) is 6.42 Å². The predicted molar refractivity (Wildman–Crippen MR) is 49.4 cm³/mol. The molecule has 0 aromatic heterocycles. The van der Waals surface area contributed by atoms with Crippen molar-refractivity contribution in [3.8, 4) is 0 Å². The zero-order chi connectivity index (χ0) is 11.7. The maximum absolute atomic E-state index is 14.0. The molecule has 0 bridgehead atoms. The van der Waals surface area contributed by atoms with E-state index in [1.165, 1.54) is 0 Å². The van der Waals surface area contributed by atoms with E-state index in [9.17, 15) is 17.6 Å². The monoisotopic (exact) mass is 240 g/mol. The Morgan fingerprint density at radius 2 is 2.13 bits per heavy atom. The van der Waals surface area contributed by atoms with Gasteiger partial charge >= 0.3 is 5.97 Å². The van der Waals surface area contributed by atoms with Gasteiger partial charge in [0, 0.05) is 0 Å². The highest BCUT2D eigenvalue weighted by Crippen LogP contribution is 2.37. The standard InChI is InChI=1S/C8H13FO5S/c1-13-7(10)8(9)5-3-4-6(8)14-15(2,11)12/h6H,3-5H2,1-2H3. The van der Waals surface area contributed by atoms with Crippen LogP contribution in [0.25, 0.3) is 0 Å². The van der Waals surface area contributed by atoms with Crippen molar-refractivity contribution in [3.05, 3.63) is 0 Å². The molecule has 2 unspecified atom stereocenters. The Bertz CT molecular complexity index is 352. The zero-order valence-electron chi connectivity index (χ0n) is 8.53. The lowest BCUT2D eigenvalue weighted by molar-refractivity contribution is -0.159. The minimum atomic E-state index is -3.77. The van der Waals surface area contributed by atoms with Crippen molar-refractivity contribution in [2.45, 2.75) is 31.0 Å². The van der Waals surface area contributed by atoms with Gasteiger partial charge in [-0.15, -0.1) is 0 Å². The van der Waals surface area contributed by atoms with E-state index in [4.69, 9.17) is 0 Å². The second-order valence-corrected chi connectivity index (χ2v) is 5.14. The molecule has 0 aromatic carbocycles. The SMILES string of the molecule is COC(=O)C1(F)CCCC1OS(C)(=O)=O. The first-order valence-corrected chi connectivity index (χ1v) is 6.27. The van der Waals surface area contributed by atoms with Gasteiger partial charge < -0.3 is 4.74 Å². The van der Waals surface area contributed by atoms with Crippen LogP contribution in [0.5, 0.6) is 0 Å². The van der Waals surface area contributed by atoms with Crippen molar-refractivity contribution in [2.75, 3.05) is 13.4 Å². The molecule has 7 heteroatoms. The third-order valence-corrected chi connectivity index (χ3v) is 2.91. The fourth-order valence-corrected chi connectivity index (χ4v) is 2.34. The molecule has 0 spiro atoms. The fraction of sp³-hybridized carbons (Fsp3) is 0.875. The second-order valence-electron chi connectivity index (χ2n) is 3.54. The molecule has 0 aromatic rings. The van der Waals surface area contributed by atoms with Crippen molar-refractivity contribution >= 4 is 16.1 Å². The molecule has 1 aliphatic rings. The Labute approximate surface area is 87.7 Å². The summed E-state index contributed by atoms with van der Waals surface area (Å²) in [4.78, 5) is 11.2. The summed E-state index contributed by atoms with van der Waals surface area (Å²) >= 11 is 0. The number of carbonyl (C=O) groups excluding carboxylic acids is 1. The summed E-state index contributed by atoms with van der Waals surface area (Å²) in [6.45, 7) is 0. The highest BCUT2D eigenvalue weighted by atomic mass is 32.2. The van der Waals surface area contributed by atoms with Crippen molar-refractivity contribution in [1.29, 1.82) is 0 Å². The molecule has 1 rings (SSSR count). The quantitative estimate of drug-likeness (QED) is 0.527. The maximum atomic E-state index is 14.0. The zero-order valence-corrected chi connectivity index (χ0v) is 9.34. The number of carbonyl (C=O) groups is 1. The number of hydrogen-bond acceptors (Lipinski definition) is 5. The summed E-state index contributed by atoms with van der Waals surface area (Å²) in [5.74, 6) is -1.08. The molecule has 0 amide bonds. The summed E-state index contributed by atoms with van der Waals surface area (Å²) in [7, 11) is -2.71. The van der Waals surface area contributed by atoms with Crippen molar-refractivity contribution in [2.24, 2.45) is 0 Å². The smallest absolute Gasteiger partial charge is 0.346 e. The van der Waals surface area contributed by atoms with E-state index in [0.717, 1.165) is 13.4 Å². The molecule has 1 saturated carbocycles. The number of hydrogen-bond donors (Lipinski definition) is 0. The van der Waals surface area contributed by atoms with Gasteiger partial charge in [-0.3, -0.25) is 4.18 Å². The van der Waals surface area contributed by atoms with Gasteiger partial charge in [-0.25, -0.2) is 9.18 Å². The largest absolute Gasteiger partial charge is 0.467 e. The molecule has 5 nitrogen and oxygen atoms in total. The Morgan fingerprint density at radius 1 is 1.53 bits per heavy atom. The molecule has 1 aliphatic carbocycles. The van der Waals surface area contributed by atoms with Crippen LogP contribution in [0.2, 0.25) is 0 Å². The molecule has 15 heavy (non-hydrogen) atoms. The Hall–Kier alpha value is -0.690. The molecule has 0 N–H and O–H groups in total. The minimum Gasteiger partial charge on any atom is -0.467 e. The molecule has 2 atom stereocenters. The van der Waals surface area contributed by atoms with Crippen LogP contribution in [0.3, 0.4) is 0 Å². The first kappa shape index (κ1) is 12.4. The molecular weight excluding hydrogens is 227 g/mol. The molecular formula is C8H13FO5S. The highest BCUT2D eigenvalue weighted by Gasteiger charge is 2.53. The van der Waals surface area contributed by atoms with Crippen LogP contribution in [0.4, 0.5) is 4.39 Å². The number of methoxy groups -OCH3 is 1. The summed E-state index contributed by atoms with van der Waals surface area (Å²) in [5.41, 5.74) is -2.34. The Balaban J connectivity index is 2.85. The number of rotatable bonds is 3. The van der Waals surface area contributed by atoms with Crippen molar-refractivity contribution in [1.82, 2.24) is 0 Å². The highest BCUT2D eigenvalue weighted by molar-refractivity contribution is 7.86. The summed E-state index contributed by atoms with van der Waals surface area (Å²) < 4.78 is 44.6. The van der Waals surface area contributed by atoms with E-state index in [2.05, 4.69) is 8.92 Å². The number of halogens is 1. The van der Waals surface area contributed by atoms with Gasteiger partial charge in [0.05, 0.1) is 13.4 Å². The van der Waals surface area contributed by atoms with Gasteiger partial charge in [0.1, 0.15) is 6.10 Å². The van der Waals surface area contributed by atoms with Crippen LogP contribution in [0.1, 0.15) is 19.3 Å². The fourth-order valence-electron chi connectivity index (χ4n) is 1.67. The topological polar surface area (TPSA) is 69.7 Å². The van der Waals surface area contributed by atoms with Gasteiger partial charge in [-0.1, -0.05) is 0 Å². The molecule has 0 saturated heterocycles. The number of esters is 1. The summed E-state index contributed by atoms with van der Waals surface area (Å²) in [5, 5.41) is 0. The Kier molecular flexibility index (Phi) is 3.34. The van der Waals surface area contributed by atoms with Crippen LogP contribution in [-0.2, 0) is 23.8 Å². The van der Waals surface area contributed by atoms with E-state index in [1.54, 1.807) is 0 Å². The van der Waals surface area contributed by atoms with Crippen LogP contribution >= 0.6 is 0 Å². The Morgan fingerprint density at radius 3 is 2.60 bits per heavy atom. The van der Waals surface area contributed by atoms with Gasteiger partial charge in [0.15, 0.2) is 0 Å². The average Bonchev–Trinajstić information content (AvgIpc) is 2.45. The lowest BCUT2D eigenvalue weighted by atomic mass is 10.0. The van der Waals surface area contributed by atoms with Crippen LogP contribution in [0, 0.1) is 0 Å². The second kappa shape index (κ2) is 4.05. The summed E-state index contributed by atoms with van der Waals surface area (Å²) in [6, 6.07) is 0. The van der Waals surface area contributed by atoms with Gasteiger partial charge in [0.25, 0.3) is 10.1 Å². The van der Waals surface area contributed by atoms with E-state index in [1.807, 2.05) is 0 Å². The van der Waals surface area contributed by atoms with Crippen LogP contribution in [-0.4, -0.2) is 39.5 Å². The normalized spacial score (nSPS) is 31.5. The molecule has 0 heterocycles. The first-order valence-electron chi connectivity index (χ1n) is 4.45. The van der Waals surface area contributed by atoms with Crippen molar-refractivity contribution in [3.63, 3.8) is 0 Å². The lowest BCUT2D eigenvalue weighted by Gasteiger charge is -2.23. The van der Waals surface area contributed by atoms with Gasteiger partial charge in [0.2, 0.25) is 5.67 Å². The third-order valence-electron chi connectivity index (χ3n) is 2.33. The number of alkyl halides is 1. The first-order chi connectivity index (χ1) is 6.79. The van der Waals surface area contributed by atoms with E-state index < -0.39 is 27.9 Å². The lowest BCUT2D eigenvalue weighted by Crippen LogP contribution is -2.44. The van der Waals surface area contributed by atoms with Crippen LogP contribution < -0.4 is 0 Å². The van der Waals surface area contributed by atoms with Gasteiger partial charge in [-0.2, -0.15) is 8.42 Å². The maximum Gasteiger partial charge on any atom is 0.346 e. The molecule has 0 aliphatic heterocycles. The van der Waals surface area contributed by atoms with Crippen LogP contribution in [0.15, 0.2) is 0 Å². The van der Waals surface area contributed by atoms with Crippen molar-refractivity contribution < 1.29 is 26.5 Å². The predicted octanol–water partition coefficient (Wildman–Crippen LogP) is 0.396. The van der Waals surface area contributed by atoms with Gasteiger partial charge in [-0.05, 0) is 19.3 Å². The third kappa shape index (κ3) is 2.66. The average molecular weight is 240 g/mol. The van der Waals surface area contributed by atoms with E-state index >= 15 is 0 Å².